The largest absolute Gasteiger partial charge is 0.390 e. The number of hydrogen-bond donors (Lipinski definition) is 1. The van der Waals surface area contributed by atoms with Crippen molar-refractivity contribution < 1.29 is 5.11 Å². The van der Waals surface area contributed by atoms with E-state index in [4.69, 9.17) is 0 Å². The van der Waals surface area contributed by atoms with Crippen LogP contribution in [0.15, 0.2) is 5.16 Å². The SMILES string of the molecule is CCCCn1c(SCCC(C)(C)O)nc(C)c1C. The lowest BCUT2D eigenvalue weighted by Crippen LogP contribution is -2.19. The van der Waals surface area contributed by atoms with Gasteiger partial charge in [0.15, 0.2) is 5.16 Å². The fraction of sp³-hybridized carbons (Fsp3) is 0.786. The van der Waals surface area contributed by atoms with E-state index < -0.39 is 5.60 Å². The summed E-state index contributed by atoms with van der Waals surface area (Å²) >= 11 is 1.75. The molecule has 104 valence electrons. The molecule has 1 aromatic rings. The van der Waals surface area contributed by atoms with E-state index in [9.17, 15) is 5.11 Å². The van der Waals surface area contributed by atoms with Crippen LogP contribution in [0, 0.1) is 13.8 Å². The Hall–Kier alpha value is -0.480. The summed E-state index contributed by atoms with van der Waals surface area (Å²) in [4.78, 5) is 4.63. The van der Waals surface area contributed by atoms with E-state index in [-0.39, 0.29) is 0 Å². The maximum absolute atomic E-state index is 9.73. The number of aliphatic hydroxyl groups is 1. The minimum Gasteiger partial charge on any atom is -0.390 e. The van der Waals surface area contributed by atoms with Crippen molar-refractivity contribution in [3.05, 3.63) is 11.4 Å². The lowest BCUT2D eigenvalue weighted by atomic mass is 10.1. The van der Waals surface area contributed by atoms with Crippen LogP contribution in [0.2, 0.25) is 0 Å². The number of aromatic nitrogens is 2. The fourth-order valence-corrected chi connectivity index (χ4v) is 3.08. The van der Waals surface area contributed by atoms with Crippen molar-refractivity contribution in [2.24, 2.45) is 0 Å². The molecule has 0 saturated heterocycles. The molecule has 1 heterocycles. The molecule has 0 aliphatic carbocycles. The molecule has 1 aromatic heterocycles. The average Bonchev–Trinajstić information content (AvgIpc) is 2.51. The van der Waals surface area contributed by atoms with Crippen molar-refractivity contribution in [2.45, 2.75) is 71.2 Å². The van der Waals surface area contributed by atoms with Gasteiger partial charge in [0.2, 0.25) is 0 Å². The molecule has 0 spiro atoms. The highest BCUT2D eigenvalue weighted by molar-refractivity contribution is 7.99. The molecule has 1 rings (SSSR count). The minimum atomic E-state index is -0.585. The van der Waals surface area contributed by atoms with Gasteiger partial charge in [0.05, 0.1) is 11.3 Å². The van der Waals surface area contributed by atoms with Crippen LogP contribution in [0.25, 0.3) is 0 Å². The first kappa shape index (κ1) is 15.6. The fourth-order valence-electron chi connectivity index (χ4n) is 1.71. The third-order valence-electron chi connectivity index (χ3n) is 3.10. The lowest BCUT2D eigenvalue weighted by molar-refractivity contribution is 0.0777. The number of thioether (sulfide) groups is 1. The summed E-state index contributed by atoms with van der Waals surface area (Å²) in [6, 6.07) is 0. The molecule has 0 aliphatic rings. The van der Waals surface area contributed by atoms with E-state index in [1.165, 1.54) is 18.5 Å². The van der Waals surface area contributed by atoms with Crippen LogP contribution in [0.5, 0.6) is 0 Å². The van der Waals surface area contributed by atoms with Gasteiger partial charge in [0, 0.05) is 18.0 Å². The van der Waals surface area contributed by atoms with Crippen LogP contribution < -0.4 is 0 Å². The molecule has 0 atom stereocenters. The van der Waals surface area contributed by atoms with Gasteiger partial charge in [-0.05, 0) is 40.5 Å². The lowest BCUT2D eigenvalue weighted by Gasteiger charge is -2.16. The summed E-state index contributed by atoms with van der Waals surface area (Å²) in [5, 5.41) is 10.8. The molecule has 0 aliphatic heterocycles. The van der Waals surface area contributed by atoms with E-state index in [0.29, 0.717) is 0 Å². The standard InChI is InChI=1S/C14H26N2OS/c1-6-7-9-16-12(3)11(2)15-13(16)18-10-8-14(4,5)17/h17H,6-10H2,1-5H3. The molecule has 0 aromatic carbocycles. The normalized spacial score (nSPS) is 12.1. The summed E-state index contributed by atoms with van der Waals surface area (Å²) in [7, 11) is 0. The Morgan fingerprint density at radius 3 is 2.56 bits per heavy atom. The van der Waals surface area contributed by atoms with Crippen molar-refractivity contribution in [2.75, 3.05) is 5.75 Å². The van der Waals surface area contributed by atoms with Gasteiger partial charge in [-0.25, -0.2) is 4.98 Å². The van der Waals surface area contributed by atoms with Gasteiger partial charge in [-0.2, -0.15) is 0 Å². The molecule has 1 N–H and O–H groups in total. The highest BCUT2D eigenvalue weighted by Gasteiger charge is 2.15. The first-order chi connectivity index (χ1) is 8.35. The van der Waals surface area contributed by atoms with Gasteiger partial charge in [-0.15, -0.1) is 0 Å². The zero-order chi connectivity index (χ0) is 13.8. The van der Waals surface area contributed by atoms with Crippen molar-refractivity contribution in [1.29, 1.82) is 0 Å². The number of nitrogens with zero attached hydrogens (tertiary/aromatic N) is 2. The van der Waals surface area contributed by atoms with Crippen molar-refractivity contribution in [3.8, 4) is 0 Å². The molecule has 0 bridgehead atoms. The highest BCUT2D eigenvalue weighted by Crippen LogP contribution is 2.24. The molecular formula is C14H26N2OS. The van der Waals surface area contributed by atoms with Crippen LogP contribution in [0.3, 0.4) is 0 Å². The van der Waals surface area contributed by atoms with Crippen LogP contribution in [-0.4, -0.2) is 26.0 Å². The van der Waals surface area contributed by atoms with Gasteiger partial charge in [0.25, 0.3) is 0 Å². The summed E-state index contributed by atoms with van der Waals surface area (Å²) in [6.45, 7) is 11.2. The van der Waals surface area contributed by atoms with E-state index in [1.54, 1.807) is 11.8 Å². The molecule has 0 saturated carbocycles. The quantitative estimate of drug-likeness (QED) is 0.770. The Balaban J connectivity index is 2.66. The zero-order valence-electron chi connectivity index (χ0n) is 12.3. The first-order valence-corrected chi connectivity index (χ1v) is 7.72. The molecule has 0 unspecified atom stereocenters. The average molecular weight is 270 g/mol. The summed E-state index contributed by atoms with van der Waals surface area (Å²) in [5.74, 6) is 0.908. The second-order valence-corrected chi connectivity index (χ2v) is 6.54. The maximum Gasteiger partial charge on any atom is 0.168 e. The topological polar surface area (TPSA) is 38.0 Å². The third kappa shape index (κ3) is 4.65. The smallest absolute Gasteiger partial charge is 0.168 e. The van der Waals surface area contributed by atoms with Crippen molar-refractivity contribution >= 4 is 11.8 Å². The predicted octanol–water partition coefficient (Wildman–Crippen LogP) is 3.55. The van der Waals surface area contributed by atoms with Crippen molar-refractivity contribution in [3.63, 3.8) is 0 Å². The van der Waals surface area contributed by atoms with Crippen molar-refractivity contribution in [1.82, 2.24) is 9.55 Å². The molecule has 3 nitrogen and oxygen atoms in total. The Kier molecular flexibility index (Phi) is 5.73. The Bertz CT molecular complexity index is 380. The second-order valence-electron chi connectivity index (χ2n) is 5.48. The van der Waals surface area contributed by atoms with Gasteiger partial charge in [-0.3, -0.25) is 0 Å². The summed E-state index contributed by atoms with van der Waals surface area (Å²) in [5.41, 5.74) is 1.81. The van der Waals surface area contributed by atoms with E-state index >= 15 is 0 Å². The molecule has 0 fully saturated rings. The number of unbranched alkanes of at least 4 members (excludes halogenated alkanes) is 1. The van der Waals surface area contributed by atoms with Crippen LogP contribution in [0.4, 0.5) is 0 Å². The number of hydrogen-bond acceptors (Lipinski definition) is 3. The Morgan fingerprint density at radius 1 is 1.33 bits per heavy atom. The monoisotopic (exact) mass is 270 g/mol. The van der Waals surface area contributed by atoms with E-state index in [2.05, 4.69) is 30.3 Å². The second kappa shape index (κ2) is 6.62. The van der Waals surface area contributed by atoms with E-state index in [1.807, 2.05) is 13.8 Å². The van der Waals surface area contributed by atoms with Crippen LogP contribution in [0.1, 0.15) is 51.4 Å². The van der Waals surface area contributed by atoms with Gasteiger partial charge >= 0.3 is 0 Å². The van der Waals surface area contributed by atoms with Gasteiger partial charge in [0.1, 0.15) is 0 Å². The molecule has 4 heteroatoms. The highest BCUT2D eigenvalue weighted by atomic mass is 32.2. The van der Waals surface area contributed by atoms with Crippen LogP contribution in [-0.2, 0) is 6.54 Å². The third-order valence-corrected chi connectivity index (χ3v) is 4.08. The Labute approximate surface area is 115 Å². The molecule has 0 amide bonds. The Morgan fingerprint density at radius 2 is 2.00 bits per heavy atom. The first-order valence-electron chi connectivity index (χ1n) is 6.74. The predicted molar refractivity (Wildman–Crippen MR) is 78.2 cm³/mol. The molecule has 18 heavy (non-hydrogen) atoms. The van der Waals surface area contributed by atoms with Gasteiger partial charge in [-0.1, -0.05) is 25.1 Å². The zero-order valence-corrected chi connectivity index (χ0v) is 13.1. The summed E-state index contributed by atoms with van der Waals surface area (Å²) in [6.07, 6.45) is 3.18. The molecule has 0 radical (unpaired) electrons. The number of aryl methyl sites for hydroxylation is 1. The maximum atomic E-state index is 9.73. The van der Waals surface area contributed by atoms with E-state index in [0.717, 1.165) is 29.6 Å². The number of imidazole rings is 1. The minimum absolute atomic E-state index is 0.585. The summed E-state index contributed by atoms with van der Waals surface area (Å²) < 4.78 is 2.31. The molecular weight excluding hydrogens is 244 g/mol. The van der Waals surface area contributed by atoms with Crippen LogP contribution >= 0.6 is 11.8 Å². The number of rotatable bonds is 7. The van der Waals surface area contributed by atoms with Gasteiger partial charge < -0.3 is 9.67 Å².